The Labute approximate surface area is 129 Å². The quantitative estimate of drug-likeness (QED) is 0.682. The molecule has 1 aromatic carbocycles. The van der Waals surface area contributed by atoms with Gasteiger partial charge in [-0.05, 0) is 24.3 Å². The third kappa shape index (κ3) is 2.53. The van der Waals surface area contributed by atoms with Gasteiger partial charge >= 0.3 is 0 Å². The Morgan fingerprint density at radius 2 is 1.73 bits per heavy atom. The fourth-order valence-electron chi connectivity index (χ4n) is 2.21. The molecule has 3 rings (SSSR count). The number of hydrogen-bond donors (Lipinski definition) is 0. The smallest absolute Gasteiger partial charge is 0.135 e. The number of nitrogens with zero attached hydrogens (tertiary/aromatic N) is 4. The molecule has 3 aromatic rings. The topological polar surface area (TPSA) is 62.5 Å². The van der Waals surface area contributed by atoms with Gasteiger partial charge in [0.05, 0.1) is 17.1 Å². The maximum absolute atomic E-state index is 8.93. The average molecular weight is 288 g/mol. The van der Waals surface area contributed by atoms with Gasteiger partial charge in [-0.25, -0.2) is 9.97 Å². The number of pyridine rings is 1. The molecule has 0 atom stereocenters. The molecule has 0 amide bonds. The minimum absolute atomic E-state index is 0.147. The number of rotatable bonds is 1. The predicted octanol–water partition coefficient (Wildman–Crippen LogP) is 3.86. The molecule has 2 aromatic heterocycles. The molecule has 0 aliphatic heterocycles. The standard InChI is InChI=1S/C18H16N4/c1-18(2,3)17-21-14-5-4-10-20-16(14)15(22-17)13-8-6-12(11-19)7-9-13/h4-10H,1-3H3. The Hall–Kier alpha value is -2.80. The second-order valence-electron chi connectivity index (χ2n) is 6.21. The monoisotopic (exact) mass is 288 g/mol. The Morgan fingerprint density at radius 3 is 2.36 bits per heavy atom. The summed E-state index contributed by atoms with van der Waals surface area (Å²) in [5.74, 6) is 0.785. The van der Waals surface area contributed by atoms with E-state index in [1.165, 1.54) is 0 Å². The average Bonchev–Trinajstić information content (AvgIpc) is 2.53. The zero-order valence-electron chi connectivity index (χ0n) is 12.8. The number of aromatic nitrogens is 3. The van der Waals surface area contributed by atoms with Gasteiger partial charge in [-0.15, -0.1) is 0 Å². The fraction of sp³-hybridized carbons (Fsp3) is 0.222. The van der Waals surface area contributed by atoms with Crippen LogP contribution in [-0.2, 0) is 5.41 Å². The van der Waals surface area contributed by atoms with Crippen molar-refractivity contribution in [2.24, 2.45) is 0 Å². The van der Waals surface area contributed by atoms with Gasteiger partial charge in [0.1, 0.15) is 17.0 Å². The number of hydrogen-bond acceptors (Lipinski definition) is 4. The van der Waals surface area contributed by atoms with E-state index in [1.54, 1.807) is 18.3 Å². The van der Waals surface area contributed by atoms with Gasteiger partial charge in [-0.3, -0.25) is 4.98 Å². The van der Waals surface area contributed by atoms with E-state index in [4.69, 9.17) is 10.2 Å². The zero-order chi connectivity index (χ0) is 15.7. The van der Waals surface area contributed by atoms with Crippen LogP contribution in [0.1, 0.15) is 32.2 Å². The van der Waals surface area contributed by atoms with Crippen LogP contribution in [0, 0.1) is 11.3 Å². The summed E-state index contributed by atoms with van der Waals surface area (Å²) in [7, 11) is 0. The summed E-state index contributed by atoms with van der Waals surface area (Å²) in [4.78, 5) is 13.8. The van der Waals surface area contributed by atoms with Gasteiger partial charge in [0.25, 0.3) is 0 Å². The first-order valence-electron chi connectivity index (χ1n) is 7.13. The number of nitriles is 1. The highest BCUT2D eigenvalue weighted by Gasteiger charge is 2.20. The van der Waals surface area contributed by atoms with Crippen LogP contribution in [0.3, 0.4) is 0 Å². The van der Waals surface area contributed by atoms with E-state index >= 15 is 0 Å². The molecule has 0 fully saturated rings. The minimum Gasteiger partial charge on any atom is -0.252 e. The molecule has 2 heterocycles. The normalized spacial score (nSPS) is 11.4. The molecule has 0 unspecified atom stereocenters. The summed E-state index contributed by atoms with van der Waals surface area (Å²) in [6.45, 7) is 6.27. The summed E-state index contributed by atoms with van der Waals surface area (Å²) in [6.07, 6.45) is 1.75. The van der Waals surface area contributed by atoms with Crippen molar-refractivity contribution in [3.63, 3.8) is 0 Å². The summed E-state index contributed by atoms with van der Waals surface area (Å²) in [6, 6.07) is 13.4. The van der Waals surface area contributed by atoms with Crippen LogP contribution in [0.4, 0.5) is 0 Å². The molecule has 0 saturated heterocycles. The van der Waals surface area contributed by atoms with Crippen molar-refractivity contribution in [1.82, 2.24) is 15.0 Å². The molecule has 0 N–H and O–H groups in total. The summed E-state index contributed by atoms with van der Waals surface area (Å²) in [5.41, 5.74) is 3.84. The SMILES string of the molecule is CC(C)(C)c1nc(-c2ccc(C#N)cc2)c2ncccc2n1. The Bertz CT molecular complexity index is 868. The van der Waals surface area contributed by atoms with Gasteiger partial charge in [-0.1, -0.05) is 32.9 Å². The van der Waals surface area contributed by atoms with E-state index in [2.05, 4.69) is 36.8 Å². The van der Waals surface area contributed by atoms with Crippen LogP contribution in [0.25, 0.3) is 22.3 Å². The first kappa shape index (κ1) is 14.2. The maximum Gasteiger partial charge on any atom is 0.135 e. The number of benzene rings is 1. The first-order chi connectivity index (χ1) is 10.5. The van der Waals surface area contributed by atoms with Crippen LogP contribution < -0.4 is 0 Å². The van der Waals surface area contributed by atoms with Crippen molar-refractivity contribution >= 4 is 11.0 Å². The Kier molecular flexibility index (Phi) is 3.34. The fourth-order valence-corrected chi connectivity index (χ4v) is 2.21. The van der Waals surface area contributed by atoms with Crippen molar-refractivity contribution in [3.05, 3.63) is 54.0 Å². The summed E-state index contributed by atoms with van der Waals surface area (Å²) < 4.78 is 0. The largest absolute Gasteiger partial charge is 0.252 e. The van der Waals surface area contributed by atoms with Gasteiger partial charge in [0.2, 0.25) is 0 Å². The molecule has 108 valence electrons. The van der Waals surface area contributed by atoms with E-state index in [0.29, 0.717) is 5.56 Å². The van der Waals surface area contributed by atoms with E-state index in [0.717, 1.165) is 28.1 Å². The molecule has 0 aliphatic rings. The highest BCUT2D eigenvalue weighted by atomic mass is 14.9. The van der Waals surface area contributed by atoms with Crippen molar-refractivity contribution in [2.45, 2.75) is 26.2 Å². The molecule has 0 saturated carbocycles. The maximum atomic E-state index is 8.93. The van der Waals surface area contributed by atoms with Gasteiger partial charge in [0.15, 0.2) is 0 Å². The van der Waals surface area contributed by atoms with E-state index in [9.17, 15) is 0 Å². The third-order valence-electron chi connectivity index (χ3n) is 3.41. The predicted molar refractivity (Wildman–Crippen MR) is 86.2 cm³/mol. The van der Waals surface area contributed by atoms with Crippen molar-refractivity contribution < 1.29 is 0 Å². The van der Waals surface area contributed by atoms with Crippen molar-refractivity contribution in [2.75, 3.05) is 0 Å². The third-order valence-corrected chi connectivity index (χ3v) is 3.41. The van der Waals surface area contributed by atoms with Crippen molar-refractivity contribution in [1.29, 1.82) is 5.26 Å². The molecular weight excluding hydrogens is 272 g/mol. The van der Waals surface area contributed by atoms with Crippen LogP contribution >= 0.6 is 0 Å². The molecule has 0 spiro atoms. The van der Waals surface area contributed by atoms with Crippen LogP contribution in [0.2, 0.25) is 0 Å². The van der Waals surface area contributed by atoms with E-state index < -0.39 is 0 Å². The highest BCUT2D eigenvalue weighted by Crippen LogP contribution is 2.28. The Balaban J connectivity index is 2.28. The van der Waals surface area contributed by atoms with Crippen molar-refractivity contribution in [3.8, 4) is 17.3 Å². The summed E-state index contributed by atoms with van der Waals surface area (Å²) >= 11 is 0. The molecule has 0 radical (unpaired) electrons. The lowest BCUT2D eigenvalue weighted by molar-refractivity contribution is 0.549. The van der Waals surface area contributed by atoms with Gasteiger partial charge in [-0.2, -0.15) is 5.26 Å². The molecule has 0 bridgehead atoms. The molecule has 22 heavy (non-hydrogen) atoms. The lowest BCUT2D eigenvalue weighted by Gasteiger charge is -2.18. The molecular formula is C18H16N4. The Morgan fingerprint density at radius 1 is 1.00 bits per heavy atom. The van der Waals surface area contributed by atoms with Crippen LogP contribution in [-0.4, -0.2) is 15.0 Å². The number of fused-ring (bicyclic) bond motifs is 1. The van der Waals surface area contributed by atoms with E-state index in [1.807, 2.05) is 24.3 Å². The lowest BCUT2D eigenvalue weighted by Crippen LogP contribution is -2.16. The van der Waals surface area contributed by atoms with Gasteiger partial charge in [0, 0.05) is 17.2 Å². The second kappa shape index (κ2) is 5.19. The van der Waals surface area contributed by atoms with Crippen LogP contribution in [0.5, 0.6) is 0 Å². The first-order valence-corrected chi connectivity index (χ1v) is 7.13. The van der Waals surface area contributed by atoms with E-state index in [-0.39, 0.29) is 5.41 Å². The second-order valence-corrected chi connectivity index (χ2v) is 6.21. The summed E-state index contributed by atoms with van der Waals surface area (Å²) in [5, 5.41) is 8.93. The minimum atomic E-state index is -0.147. The zero-order valence-corrected chi connectivity index (χ0v) is 12.8. The van der Waals surface area contributed by atoms with Gasteiger partial charge < -0.3 is 0 Å². The van der Waals surface area contributed by atoms with Crippen LogP contribution in [0.15, 0.2) is 42.6 Å². The highest BCUT2D eigenvalue weighted by molar-refractivity contribution is 5.88. The molecule has 4 nitrogen and oxygen atoms in total. The lowest BCUT2D eigenvalue weighted by atomic mass is 9.95. The molecule has 0 aliphatic carbocycles. The molecule has 4 heteroatoms.